The second kappa shape index (κ2) is 9.54. The van der Waals surface area contributed by atoms with Crippen molar-refractivity contribution in [1.29, 1.82) is 0 Å². The summed E-state index contributed by atoms with van der Waals surface area (Å²) in [5, 5.41) is 14.6. The minimum Gasteiger partial charge on any atom is -0.352 e. The van der Waals surface area contributed by atoms with Gasteiger partial charge in [-0.1, -0.05) is 53.7 Å². The van der Waals surface area contributed by atoms with Gasteiger partial charge in [-0.25, -0.2) is 4.39 Å². The Balaban J connectivity index is 1.72. The molecule has 0 aliphatic carbocycles. The van der Waals surface area contributed by atoms with E-state index in [1.165, 1.54) is 24.3 Å². The van der Waals surface area contributed by atoms with Gasteiger partial charge in [0, 0.05) is 23.1 Å². The van der Waals surface area contributed by atoms with Crippen LogP contribution in [0, 0.1) is 15.9 Å². The number of carbonyl (C=O) groups excluding carboxylic acids is 1. The summed E-state index contributed by atoms with van der Waals surface area (Å²) >= 11 is 7.28. The van der Waals surface area contributed by atoms with Crippen LogP contribution in [-0.2, 0) is 6.42 Å². The third-order valence-electron chi connectivity index (χ3n) is 4.11. The van der Waals surface area contributed by atoms with E-state index in [0.29, 0.717) is 26.8 Å². The van der Waals surface area contributed by atoms with Crippen LogP contribution in [0.25, 0.3) is 0 Å². The van der Waals surface area contributed by atoms with Crippen LogP contribution in [0.1, 0.15) is 15.9 Å². The molecule has 29 heavy (non-hydrogen) atoms. The lowest BCUT2D eigenvalue weighted by atomic mass is 10.1. The van der Waals surface area contributed by atoms with E-state index in [1.54, 1.807) is 42.5 Å². The molecule has 0 aliphatic rings. The lowest BCUT2D eigenvalue weighted by Crippen LogP contribution is -2.26. The molecule has 0 aliphatic heterocycles. The van der Waals surface area contributed by atoms with E-state index in [-0.39, 0.29) is 23.6 Å². The van der Waals surface area contributed by atoms with Gasteiger partial charge < -0.3 is 5.32 Å². The third kappa shape index (κ3) is 5.34. The fraction of sp³-hybridized carbons (Fsp3) is 0.0952. The third-order valence-corrected chi connectivity index (χ3v) is 5.69. The molecule has 5 nitrogen and oxygen atoms in total. The molecule has 0 heterocycles. The molecule has 0 radical (unpaired) electrons. The second-order valence-electron chi connectivity index (χ2n) is 6.07. The largest absolute Gasteiger partial charge is 0.352 e. The summed E-state index contributed by atoms with van der Waals surface area (Å²) in [5.74, 6) is -0.794. The van der Waals surface area contributed by atoms with E-state index >= 15 is 0 Å². The zero-order chi connectivity index (χ0) is 20.8. The van der Waals surface area contributed by atoms with Crippen molar-refractivity contribution in [3.63, 3.8) is 0 Å². The molecular weight excluding hydrogens is 415 g/mol. The Morgan fingerprint density at radius 2 is 1.79 bits per heavy atom. The fourth-order valence-corrected chi connectivity index (χ4v) is 3.82. The summed E-state index contributed by atoms with van der Waals surface area (Å²) < 4.78 is 13.6. The predicted molar refractivity (Wildman–Crippen MR) is 111 cm³/mol. The van der Waals surface area contributed by atoms with Gasteiger partial charge in [-0.2, -0.15) is 0 Å². The molecule has 0 spiro atoms. The van der Waals surface area contributed by atoms with Crippen LogP contribution in [0.3, 0.4) is 0 Å². The molecule has 0 saturated heterocycles. The Hall–Kier alpha value is -2.90. The normalized spacial score (nSPS) is 10.6. The van der Waals surface area contributed by atoms with Crippen LogP contribution >= 0.6 is 23.4 Å². The van der Waals surface area contributed by atoms with E-state index in [9.17, 15) is 19.3 Å². The highest BCUT2D eigenvalue weighted by Gasteiger charge is 2.19. The van der Waals surface area contributed by atoms with Gasteiger partial charge in [0.1, 0.15) is 5.82 Å². The van der Waals surface area contributed by atoms with Crippen LogP contribution in [0.5, 0.6) is 0 Å². The highest BCUT2D eigenvalue weighted by molar-refractivity contribution is 7.99. The number of nitrogens with zero attached hydrogens (tertiary/aromatic N) is 1. The fourth-order valence-electron chi connectivity index (χ4n) is 2.65. The number of carbonyl (C=O) groups is 1. The Labute approximate surface area is 176 Å². The maximum atomic E-state index is 13.6. The summed E-state index contributed by atoms with van der Waals surface area (Å²) in [6.45, 7) is 0.212. The molecular formula is C21H16ClFN2O3S. The zero-order valence-electron chi connectivity index (χ0n) is 15.1. The average Bonchev–Trinajstić information content (AvgIpc) is 2.71. The number of nitrogens with one attached hydrogen (secondary N) is 1. The minimum absolute atomic E-state index is 0.161. The van der Waals surface area contributed by atoms with Crippen molar-refractivity contribution in [1.82, 2.24) is 5.32 Å². The Bertz CT molecular complexity index is 1060. The predicted octanol–water partition coefficient (Wildman–Crippen LogP) is 5.51. The molecule has 8 heteroatoms. The number of benzene rings is 3. The lowest BCUT2D eigenvalue weighted by Gasteiger charge is -2.08. The van der Waals surface area contributed by atoms with Gasteiger partial charge in [-0.3, -0.25) is 14.9 Å². The first kappa shape index (κ1) is 20.8. The van der Waals surface area contributed by atoms with Crippen LogP contribution in [0.4, 0.5) is 10.1 Å². The zero-order valence-corrected chi connectivity index (χ0v) is 16.7. The van der Waals surface area contributed by atoms with E-state index in [0.717, 1.165) is 11.8 Å². The number of nitro groups is 1. The first-order valence-corrected chi connectivity index (χ1v) is 9.87. The van der Waals surface area contributed by atoms with Gasteiger partial charge in [0.2, 0.25) is 0 Å². The topological polar surface area (TPSA) is 72.2 Å². The summed E-state index contributed by atoms with van der Waals surface area (Å²) in [6.07, 6.45) is 0.320. The highest BCUT2D eigenvalue weighted by atomic mass is 35.5. The van der Waals surface area contributed by atoms with Crippen LogP contribution in [0.2, 0.25) is 5.02 Å². The smallest absolute Gasteiger partial charge is 0.284 e. The van der Waals surface area contributed by atoms with Crippen LogP contribution in [0.15, 0.2) is 76.5 Å². The van der Waals surface area contributed by atoms with Gasteiger partial charge in [0.15, 0.2) is 0 Å². The molecule has 3 aromatic carbocycles. The first-order chi connectivity index (χ1) is 14.0. The number of hydrogen-bond acceptors (Lipinski definition) is 4. The van der Waals surface area contributed by atoms with Crippen molar-refractivity contribution in [3.05, 3.63) is 98.8 Å². The highest BCUT2D eigenvalue weighted by Crippen LogP contribution is 2.38. The van der Waals surface area contributed by atoms with Gasteiger partial charge in [0.05, 0.1) is 14.8 Å². The van der Waals surface area contributed by atoms with E-state index in [1.807, 2.05) is 0 Å². The summed E-state index contributed by atoms with van der Waals surface area (Å²) in [5.41, 5.74) is 0.468. The maximum absolute atomic E-state index is 13.6. The van der Waals surface area contributed by atoms with Crippen molar-refractivity contribution in [3.8, 4) is 0 Å². The number of halogens is 2. The molecule has 0 aromatic heterocycles. The van der Waals surface area contributed by atoms with Crippen molar-refractivity contribution >= 4 is 35.0 Å². The number of hydrogen-bond donors (Lipinski definition) is 1. The van der Waals surface area contributed by atoms with Crippen LogP contribution < -0.4 is 5.32 Å². The molecule has 0 bridgehead atoms. The van der Waals surface area contributed by atoms with E-state index in [2.05, 4.69) is 5.32 Å². The Morgan fingerprint density at radius 1 is 1.07 bits per heavy atom. The van der Waals surface area contributed by atoms with Gasteiger partial charge in [0.25, 0.3) is 11.6 Å². The lowest BCUT2D eigenvalue weighted by molar-refractivity contribution is -0.387. The number of amides is 1. The molecule has 148 valence electrons. The first-order valence-electron chi connectivity index (χ1n) is 8.68. The number of nitro benzene ring substituents is 1. The van der Waals surface area contributed by atoms with Crippen molar-refractivity contribution < 1.29 is 14.1 Å². The van der Waals surface area contributed by atoms with Gasteiger partial charge in [-0.15, -0.1) is 0 Å². The maximum Gasteiger partial charge on any atom is 0.284 e. The second-order valence-corrected chi connectivity index (χ2v) is 7.56. The van der Waals surface area contributed by atoms with Crippen LogP contribution in [-0.4, -0.2) is 17.4 Å². The summed E-state index contributed by atoms with van der Waals surface area (Å²) in [7, 11) is 0. The molecule has 1 N–H and O–H groups in total. The Morgan fingerprint density at radius 3 is 2.52 bits per heavy atom. The summed E-state index contributed by atoms with van der Waals surface area (Å²) in [6, 6.07) is 17.6. The minimum atomic E-state index is -0.532. The molecule has 0 saturated carbocycles. The quantitative estimate of drug-likeness (QED) is 0.396. The molecule has 1 amide bonds. The van der Waals surface area contributed by atoms with Crippen molar-refractivity contribution in [2.24, 2.45) is 0 Å². The van der Waals surface area contributed by atoms with Crippen molar-refractivity contribution in [2.45, 2.75) is 16.2 Å². The molecule has 3 aromatic rings. The van der Waals surface area contributed by atoms with Crippen molar-refractivity contribution in [2.75, 3.05) is 6.54 Å². The monoisotopic (exact) mass is 430 g/mol. The summed E-state index contributed by atoms with van der Waals surface area (Å²) in [4.78, 5) is 24.4. The van der Waals surface area contributed by atoms with E-state index < -0.39 is 10.8 Å². The number of rotatable bonds is 7. The SMILES string of the molecule is O=C(NCCc1ccccc1F)c1ccc(Sc2ccccc2Cl)c([N+](=O)[O-])c1. The Kier molecular flexibility index (Phi) is 6.85. The molecule has 0 unspecified atom stereocenters. The molecule has 3 rings (SSSR count). The van der Waals surface area contributed by atoms with Gasteiger partial charge in [-0.05, 0) is 42.3 Å². The average molecular weight is 431 g/mol. The standard InChI is InChI=1S/C21H16ClFN2O3S/c22-16-6-2-4-8-19(16)29-20-10-9-15(13-18(20)25(27)28)21(26)24-12-11-14-5-1-3-7-17(14)23/h1-10,13H,11-12H2,(H,24,26). The van der Waals surface area contributed by atoms with Gasteiger partial charge >= 0.3 is 0 Å². The molecule has 0 fully saturated rings. The van der Waals surface area contributed by atoms with E-state index in [4.69, 9.17) is 11.6 Å². The molecule has 0 atom stereocenters.